The largest absolute Gasteiger partial charge is 0.345 e. The zero-order valence-electron chi connectivity index (χ0n) is 14.7. The van der Waals surface area contributed by atoms with Gasteiger partial charge in [0.15, 0.2) is 0 Å². The lowest BCUT2D eigenvalue weighted by molar-refractivity contribution is 0.119. The molecule has 0 bridgehead atoms. The van der Waals surface area contributed by atoms with E-state index in [4.69, 9.17) is 22.6 Å². The number of rotatable bonds is 3. The Hall–Kier alpha value is -2.40. The Morgan fingerprint density at radius 2 is 2.15 bits per heavy atom. The van der Waals surface area contributed by atoms with Gasteiger partial charge in [-0.15, -0.1) is 0 Å². The van der Waals surface area contributed by atoms with E-state index in [-0.39, 0.29) is 0 Å². The summed E-state index contributed by atoms with van der Waals surface area (Å²) in [5, 5.41) is 13.8. The summed E-state index contributed by atoms with van der Waals surface area (Å²) in [4.78, 5) is 6.54. The summed E-state index contributed by atoms with van der Waals surface area (Å²) < 4.78 is 13.8. The predicted octanol–water partition coefficient (Wildman–Crippen LogP) is 2.68. The molecule has 0 aliphatic carbocycles. The zero-order chi connectivity index (χ0) is 19.0. The van der Waals surface area contributed by atoms with Gasteiger partial charge in [0.05, 0.1) is 35.2 Å². The SMILES string of the molecule is N#Cc1ccc(CN2CN(N3CC[C@H](F)[C@H](N)C3)c3ccc(Cl)cc32)nc1. The Labute approximate surface area is 162 Å². The summed E-state index contributed by atoms with van der Waals surface area (Å²) in [7, 11) is 0. The third-order valence-electron chi connectivity index (χ3n) is 5.06. The van der Waals surface area contributed by atoms with E-state index in [1.54, 1.807) is 12.3 Å². The molecule has 1 saturated heterocycles. The van der Waals surface area contributed by atoms with Crippen LogP contribution in [0.1, 0.15) is 17.7 Å². The van der Waals surface area contributed by atoms with Gasteiger partial charge in [-0.1, -0.05) is 11.6 Å². The average molecular weight is 387 g/mol. The number of nitriles is 1. The molecule has 0 radical (unpaired) electrons. The minimum absolute atomic E-state index is 0.428. The Bertz CT molecular complexity index is 867. The van der Waals surface area contributed by atoms with Crippen LogP contribution >= 0.6 is 11.6 Å². The molecule has 2 aliphatic rings. The number of halogens is 2. The van der Waals surface area contributed by atoms with E-state index in [2.05, 4.69) is 26.0 Å². The topological polar surface area (TPSA) is 72.4 Å². The number of nitrogens with zero attached hydrogens (tertiary/aromatic N) is 5. The molecule has 6 nitrogen and oxygen atoms in total. The minimum Gasteiger partial charge on any atom is -0.345 e. The highest BCUT2D eigenvalue weighted by Crippen LogP contribution is 2.40. The third kappa shape index (κ3) is 3.56. The quantitative estimate of drug-likeness (QED) is 0.874. The average Bonchev–Trinajstić information content (AvgIpc) is 3.02. The molecule has 1 fully saturated rings. The fraction of sp³-hybridized carbons (Fsp3) is 0.368. The first kappa shape index (κ1) is 18.0. The predicted molar refractivity (Wildman–Crippen MR) is 103 cm³/mol. The van der Waals surface area contributed by atoms with Crippen LogP contribution in [0.2, 0.25) is 5.02 Å². The van der Waals surface area contributed by atoms with Gasteiger partial charge in [-0.2, -0.15) is 5.26 Å². The number of fused-ring (bicyclic) bond motifs is 1. The van der Waals surface area contributed by atoms with Gasteiger partial charge in [0.1, 0.15) is 18.9 Å². The van der Waals surface area contributed by atoms with Crippen molar-refractivity contribution in [1.82, 2.24) is 9.99 Å². The van der Waals surface area contributed by atoms with Gasteiger partial charge in [-0.25, -0.2) is 9.40 Å². The maximum absolute atomic E-state index is 13.8. The zero-order valence-corrected chi connectivity index (χ0v) is 15.5. The van der Waals surface area contributed by atoms with Crippen LogP contribution in [0.15, 0.2) is 36.5 Å². The van der Waals surface area contributed by atoms with E-state index in [1.165, 1.54) is 0 Å². The second-order valence-electron chi connectivity index (χ2n) is 6.90. The third-order valence-corrected chi connectivity index (χ3v) is 5.29. The van der Waals surface area contributed by atoms with E-state index in [0.29, 0.717) is 43.3 Å². The highest BCUT2D eigenvalue weighted by atomic mass is 35.5. The number of hydrogen-bond acceptors (Lipinski definition) is 6. The van der Waals surface area contributed by atoms with E-state index in [1.807, 2.05) is 24.3 Å². The number of anilines is 2. The molecule has 3 heterocycles. The Morgan fingerprint density at radius 1 is 1.30 bits per heavy atom. The summed E-state index contributed by atoms with van der Waals surface area (Å²) in [6.45, 7) is 2.30. The van der Waals surface area contributed by atoms with Crippen LogP contribution in [-0.4, -0.2) is 42.0 Å². The number of benzene rings is 1. The Kier molecular flexibility index (Phi) is 4.87. The lowest BCUT2D eigenvalue weighted by Gasteiger charge is -2.39. The molecule has 2 N–H and O–H groups in total. The normalized spacial score (nSPS) is 22.6. The Morgan fingerprint density at radius 3 is 2.85 bits per heavy atom. The van der Waals surface area contributed by atoms with Crippen LogP contribution in [0.4, 0.5) is 15.8 Å². The first-order valence-corrected chi connectivity index (χ1v) is 9.24. The van der Waals surface area contributed by atoms with Gasteiger partial charge in [-0.3, -0.25) is 9.99 Å². The van der Waals surface area contributed by atoms with Crippen LogP contribution in [0.25, 0.3) is 0 Å². The molecule has 1 aromatic heterocycles. The van der Waals surface area contributed by atoms with Crippen molar-refractivity contribution in [2.75, 3.05) is 29.7 Å². The lowest BCUT2D eigenvalue weighted by atomic mass is 10.1. The fourth-order valence-electron chi connectivity index (χ4n) is 3.59. The van der Waals surface area contributed by atoms with Crippen molar-refractivity contribution < 1.29 is 4.39 Å². The van der Waals surface area contributed by atoms with Gasteiger partial charge >= 0.3 is 0 Å². The fourth-order valence-corrected chi connectivity index (χ4v) is 3.76. The standard InChI is InChI=1S/C19H20ClFN6/c20-14-2-4-18-19(7-14)25(10-15-3-1-13(8-22)9-24-15)12-27(18)26-6-5-16(21)17(23)11-26/h1-4,7,9,16-17H,5-6,10-12,23H2/t16-,17+/m0/s1. The summed E-state index contributed by atoms with van der Waals surface area (Å²) in [6.07, 6.45) is 1.05. The van der Waals surface area contributed by atoms with Crippen LogP contribution < -0.4 is 15.6 Å². The van der Waals surface area contributed by atoms with Crippen LogP contribution in [-0.2, 0) is 6.54 Å². The van der Waals surface area contributed by atoms with Gasteiger partial charge < -0.3 is 10.6 Å². The van der Waals surface area contributed by atoms with Crippen molar-refractivity contribution in [3.05, 3.63) is 52.8 Å². The molecular formula is C19H20ClFN6. The lowest BCUT2D eigenvalue weighted by Crippen LogP contribution is -2.56. The van der Waals surface area contributed by atoms with Crippen LogP contribution in [0.3, 0.4) is 0 Å². The number of piperidine rings is 1. The van der Waals surface area contributed by atoms with Crippen molar-refractivity contribution in [3.8, 4) is 6.07 Å². The first-order chi connectivity index (χ1) is 13.0. The van der Waals surface area contributed by atoms with Gasteiger partial charge in [0.2, 0.25) is 0 Å². The maximum Gasteiger partial charge on any atom is 0.118 e. The minimum atomic E-state index is -0.951. The molecule has 2 aliphatic heterocycles. The number of alkyl halides is 1. The highest BCUT2D eigenvalue weighted by molar-refractivity contribution is 6.31. The number of pyridine rings is 1. The number of aromatic nitrogens is 1. The first-order valence-electron chi connectivity index (χ1n) is 8.87. The monoisotopic (exact) mass is 386 g/mol. The van der Waals surface area contributed by atoms with Crippen LogP contribution in [0.5, 0.6) is 0 Å². The van der Waals surface area contributed by atoms with Crippen molar-refractivity contribution in [3.63, 3.8) is 0 Å². The smallest absolute Gasteiger partial charge is 0.118 e. The molecular weight excluding hydrogens is 367 g/mol. The van der Waals surface area contributed by atoms with E-state index >= 15 is 0 Å². The number of nitrogens with two attached hydrogens (primary N) is 1. The van der Waals surface area contributed by atoms with Crippen molar-refractivity contribution in [2.24, 2.45) is 5.73 Å². The van der Waals surface area contributed by atoms with E-state index < -0.39 is 12.2 Å². The molecule has 2 atom stereocenters. The molecule has 4 rings (SSSR count). The second kappa shape index (κ2) is 7.31. The molecule has 27 heavy (non-hydrogen) atoms. The van der Waals surface area contributed by atoms with Gasteiger partial charge in [0.25, 0.3) is 0 Å². The summed E-state index contributed by atoms with van der Waals surface area (Å²) >= 11 is 6.23. The van der Waals surface area contributed by atoms with Gasteiger partial charge in [0, 0.05) is 24.3 Å². The molecule has 140 valence electrons. The second-order valence-corrected chi connectivity index (χ2v) is 7.34. The molecule has 0 saturated carbocycles. The van der Waals surface area contributed by atoms with Gasteiger partial charge in [-0.05, 0) is 36.8 Å². The van der Waals surface area contributed by atoms with Crippen molar-refractivity contribution >= 4 is 23.0 Å². The maximum atomic E-state index is 13.8. The molecule has 2 aromatic rings. The van der Waals surface area contributed by atoms with Crippen LogP contribution in [0, 0.1) is 11.3 Å². The molecule has 0 amide bonds. The van der Waals surface area contributed by atoms with E-state index in [0.717, 1.165) is 17.1 Å². The number of hydrazine groups is 1. The van der Waals surface area contributed by atoms with Crippen molar-refractivity contribution in [2.45, 2.75) is 25.2 Å². The highest BCUT2D eigenvalue weighted by Gasteiger charge is 2.35. The molecule has 1 aromatic carbocycles. The van der Waals surface area contributed by atoms with E-state index in [9.17, 15) is 4.39 Å². The molecule has 0 unspecified atom stereocenters. The summed E-state index contributed by atoms with van der Waals surface area (Å²) in [6, 6.07) is 11.0. The Balaban J connectivity index is 1.59. The molecule has 8 heteroatoms. The molecule has 0 spiro atoms. The summed E-state index contributed by atoms with van der Waals surface area (Å²) in [5.74, 6) is 0. The summed E-state index contributed by atoms with van der Waals surface area (Å²) in [5.41, 5.74) is 9.38. The van der Waals surface area contributed by atoms with Crippen molar-refractivity contribution in [1.29, 1.82) is 5.26 Å². The number of hydrogen-bond donors (Lipinski definition) is 1.